The van der Waals surface area contributed by atoms with Crippen molar-refractivity contribution in [2.45, 2.75) is 13.8 Å². The molecule has 2 rings (SSSR count). The van der Waals surface area contributed by atoms with E-state index in [0.29, 0.717) is 5.56 Å². The van der Waals surface area contributed by atoms with E-state index < -0.39 is 28.3 Å². The van der Waals surface area contributed by atoms with Crippen molar-refractivity contribution in [2.24, 2.45) is 0 Å². The predicted octanol–water partition coefficient (Wildman–Crippen LogP) is 2.92. The highest BCUT2D eigenvalue weighted by atomic mass is 16.6. The van der Waals surface area contributed by atoms with Gasteiger partial charge in [-0.05, 0) is 26.0 Å². The first-order valence-electron chi connectivity index (χ1n) is 7.66. The highest BCUT2D eigenvalue weighted by molar-refractivity contribution is 5.96. The van der Waals surface area contributed by atoms with Gasteiger partial charge in [0.15, 0.2) is 6.61 Å². The second kappa shape index (κ2) is 8.04. The molecule has 2 aromatic rings. The molecule has 140 valence electrons. The van der Waals surface area contributed by atoms with E-state index in [-0.39, 0.29) is 28.2 Å². The molecule has 0 saturated heterocycles. The maximum absolute atomic E-state index is 12.1. The van der Waals surface area contributed by atoms with Crippen molar-refractivity contribution in [1.29, 1.82) is 0 Å². The summed E-state index contributed by atoms with van der Waals surface area (Å²) in [6, 6.07) is 8.10. The Morgan fingerprint density at radius 3 is 2.33 bits per heavy atom. The van der Waals surface area contributed by atoms with Gasteiger partial charge >= 0.3 is 5.97 Å². The van der Waals surface area contributed by atoms with Crippen molar-refractivity contribution in [3.05, 3.63) is 73.3 Å². The number of aryl methyl sites for hydroxylation is 1. The molecule has 0 aliphatic carbocycles. The number of esters is 1. The molecule has 0 fully saturated rings. The highest BCUT2D eigenvalue weighted by Crippen LogP contribution is 2.23. The van der Waals surface area contributed by atoms with Gasteiger partial charge in [0.05, 0.1) is 15.4 Å². The largest absolute Gasteiger partial charge is 0.452 e. The summed E-state index contributed by atoms with van der Waals surface area (Å²) in [5, 5.41) is 24.2. The Kier molecular flexibility index (Phi) is 5.81. The predicted molar refractivity (Wildman–Crippen MR) is 94.6 cm³/mol. The number of carbonyl (C=O) groups is 2. The fourth-order valence-electron chi connectivity index (χ4n) is 2.33. The lowest BCUT2D eigenvalue weighted by atomic mass is 10.1. The number of anilines is 1. The molecule has 1 N–H and O–H groups in total. The Morgan fingerprint density at radius 2 is 1.70 bits per heavy atom. The topological polar surface area (TPSA) is 142 Å². The summed E-state index contributed by atoms with van der Waals surface area (Å²) < 4.78 is 4.87. The molecule has 0 spiro atoms. The molecule has 0 aliphatic heterocycles. The zero-order valence-electron chi connectivity index (χ0n) is 14.4. The average molecular weight is 373 g/mol. The smallest absolute Gasteiger partial charge is 0.339 e. The Hall–Kier alpha value is -3.82. The number of nitrogens with zero attached hydrogens (tertiary/aromatic N) is 2. The highest BCUT2D eigenvalue weighted by Gasteiger charge is 2.20. The summed E-state index contributed by atoms with van der Waals surface area (Å²) in [7, 11) is 0. The zero-order chi connectivity index (χ0) is 20.1. The molecule has 0 bridgehead atoms. The summed E-state index contributed by atoms with van der Waals surface area (Å²) in [6.07, 6.45) is 0. The standard InChI is InChI=1S/C17H15N3O7/c1-10-6-7-12(8-15(10)20(25)26)18-16(21)9-27-17(22)13-4-3-5-14(11(13)2)19(23)24/h3-8H,9H2,1-2H3,(H,18,21). The molecule has 0 heterocycles. The van der Waals surface area contributed by atoms with Gasteiger partial charge in [-0.2, -0.15) is 0 Å². The number of ether oxygens (including phenoxy) is 1. The summed E-state index contributed by atoms with van der Waals surface area (Å²) in [5.74, 6) is -1.59. The number of carbonyl (C=O) groups excluding carboxylic acids is 2. The van der Waals surface area contributed by atoms with Crippen molar-refractivity contribution >= 4 is 28.9 Å². The molecule has 2 aromatic carbocycles. The summed E-state index contributed by atoms with van der Waals surface area (Å²) >= 11 is 0. The second-order valence-electron chi connectivity index (χ2n) is 5.59. The Labute approximate surface area is 153 Å². The number of hydrogen-bond acceptors (Lipinski definition) is 7. The van der Waals surface area contributed by atoms with E-state index in [1.165, 1.54) is 43.3 Å². The average Bonchev–Trinajstić information content (AvgIpc) is 2.61. The number of amides is 1. The molecule has 0 aliphatic rings. The number of rotatable bonds is 6. The van der Waals surface area contributed by atoms with Gasteiger partial charge in [-0.15, -0.1) is 0 Å². The zero-order valence-corrected chi connectivity index (χ0v) is 14.4. The van der Waals surface area contributed by atoms with E-state index in [1.807, 2.05) is 0 Å². The first kappa shape index (κ1) is 19.5. The van der Waals surface area contributed by atoms with Gasteiger partial charge in [-0.25, -0.2) is 4.79 Å². The van der Waals surface area contributed by atoms with Crippen molar-refractivity contribution in [1.82, 2.24) is 0 Å². The molecule has 27 heavy (non-hydrogen) atoms. The van der Waals surface area contributed by atoms with Crippen molar-refractivity contribution < 1.29 is 24.2 Å². The lowest BCUT2D eigenvalue weighted by Gasteiger charge is -2.08. The van der Waals surface area contributed by atoms with Gasteiger partial charge < -0.3 is 10.1 Å². The summed E-state index contributed by atoms with van der Waals surface area (Å²) in [6.45, 7) is 2.32. The fourth-order valence-corrected chi connectivity index (χ4v) is 2.33. The summed E-state index contributed by atoms with van der Waals surface area (Å²) in [5.41, 5.74) is 0.327. The molecule has 1 amide bonds. The third-order valence-corrected chi connectivity index (χ3v) is 3.75. The number of nitrogens with one attached hydrogen (secondary N) is 1. The van der Waals surface area contributed by atoms with E-state index in [1.54, 1.807) is 6.92 Å². The van der Waals surface area contributed by atoms with Crippen LogP contribution in [0.2, 0.25) is 0 Å². The number of benzene rings is 2. The molecule has 10 heteroatoms. The Balaban J connectivity index is 2.03. The molecular weight excluding hydrogens is 358 g/mol. The van der Waals surface area contributed by atoms with E-state index >= 15 is 0 Å². The molecule has 10 nitrogen and oxygen atoms in total. The van der Waals surface area contributed by atoms with Crippen LogP contribution in [0, 0.1) is 34.1 Å². The third-order valence-electron chi connectivity index (χ3n) is 3.75. The van der Waals surface area contributed by atoms with Crippen molar-refractivity contribution in [3.8, 4) is 0 Å². The molecule has 0 aromatic heterocycles. The van der Waals surface area contributed by atoms with Gasteiger partial charge in [0.2, 0.25) is 0 Å². The lowest BCUT2D eigenvalue weighted by Crippen LogP contribution is -2.21. The third kappa shape index (κ3) is 4.63. The van der Waals surface area contributed by atoms with Gasteiger partial charge in [0, 0.05) is 28.9 Å². The quantitative estimate of drug-likeness (QED) is 0.466. The SMILES string of the molecule is Cc1ccc(NC(=O)COC(=O)c2cccc([N+](=O)[O-])c2C)cc1[N+](=O)[O-]. The number of hydrogen-bond donors (Lipinski definition) is 1. The minimum absolute atomic E-state index is 0.0250. The monoisotopic (exact) mass is 373 g/mol. The van der Waals surface area contributed by atoms with Crippen LogP contribution in [0.25, 0.3) is 0 Å². The number of nitro groups is 2. The van der Waals surface area contributed by atoms with Gasteiger partial charge in [0.25, 0.3) is 17.3 Å². The van der Waals surface area contributed by atoms with Crippen LogP contribution < -0.4 is 5.32 Å². The van der Waals surface area contributed by atoms with Crippen molar-refractivity contribution in [2.75, 3.05) is 11.9 Å². The maximum atomic E-state index is 12.1. The van der Waals surface area contributed by atoms with Crippen LogP contribution in [-0.2, 0) is 9.53 Å². The van der Waals surface area contributed by atoms with Crippen LogP contribution >= 0.6 is 0 Å². The van der Waals surface area contributed by atoms with E-state index in [2.05, 4.69) is 5.32 Å². The van der Waals surface area contributed by atoms with Crippen LogP contribution in [0.1, 0.15) is 21.5 Å². The Morgan fingerprint density at radius 1 is 1.04 bits per heavy atom. The fraction of sp³-hybridized carbons (Fsp3) is 0.176. The van der Waals surface area contributed by atoms with Crippen LogP contribution in [0.5, 0.6) is 0 Å². The first-order chi connectivity index (χ1) is 12.7. The van der Waals surface area contributed by atoms with Crippen LogP contribution in [0.3, 0.4) is 0 Å². The van der Waals surface area contributed by atoms with Gasteiger partial charge in [0.1, 0.15) is 0 Å². The minimum atomic E-state index is -0.888. The van der Waals surface area contributed by atoms with Crippen LogP contribution in [0.15, 0.2) is 36.4 Å². The molecule has 0 radical (unpaired) electrons. The second-order valence-corrected chi connectivity index (χ2v) is 5.59. The number of nitro benzene ring substituents is 2. The maximum Gasteiger partial charge on any atom is 0.339 e. The minimum Gasteiger partial charge on any atom is -0.452 e. The molecule has 0 saturated carbocycles. The van der Waals surface area contributed by atoms with E-state index in [4.69, 9.17) is 4.74 Å². The van der Waals surface area contributed by atoms with Gasteiger partial charge in [-0.3, -0.25) is 25.0 Å². The lowest BCUT2D eigenvalue weighted by molar-refractivity contribution is -0.385. The van der Waals surface area contributed by atoms with Gasteiger partial charge in [-0.1, -0.05) is 12.1 Å². The van der Waals surface area contributed by atoms with Crippen LogP contribution in [-0.4, -0.2) is 28.3 Å². The normalized spacial score (nSPS) is 10.1. The van der Waals surface area contributed by atoms with E-state index in [0.717, 1.165) is 0 Å². The summed E-state index contributed by atoms with van der Waals surface area (Å²) in [4.78, 5) is 44.6. The molecule has 0 atom stereocenters. The molecule has 0 unspecified atom stereocenters. The molecular formula is C17H15N3O7. The van der Waals surface area contributed by atoms with Crippen molar-refractivity contribution in [3.63, 3.8) is 0 Å². The Bertz CT molecular complexity index is 940. The first-order valence-corrected chi connectivity index (χ1v) is 7.66. The van der Waals surface area contributed by atoms with E-state index in [9.17, 15) is 29.8 Å². The van der Waals surface area contributed by atoms with Crippen LogP contribution in [0.4, 0.5) is 17.1 Å².